The van der Waals surface area contributed by atoms with Crippen molar-refractivity contribution in [2.45, 2.75) is 50.0 Å². The molecular weight excluding hydrogens is 374 g/mol. The Morgan fingerprint density at radius 2 is 2.00 bits per heavy atom. The molecule has 1 unspecified atom stereocenters. The van der Waals surface area contributed by atoms with Gasteiger partial charge in [-0.05, 0) is 56.0 Å². The van der Waals surface area contributed by atoms with Gasteiger partial charge in [0.2, 0.25) is 0 Å². The van der Waals surface area contributed by atoms with Crippen LogP contribution in [0.25, 0.3) is 11.4 Å². The van der Waals surface area contributed by atoms with Gasteiger partial charge in [-0.25, -0.2) is 4.98 Å². The minimum Gasteiger partial charge on any atom is -0.398 e. The first-order valence-electron chi connectivity index (χ1n) is 8.94. The number of aryl methyl sites for hydroxylation is 1. The molecule has 0 radical (unpaired) electrons. The van der Waals surface area contributed by atoms with E-state index in [0.717, 1.165) is 38.8 Å². The summed E-state index contributed by atoms with van der Waals surface area (Å²) in [7, 11) is 0. The van der Waals surface area contributed by atoms with Crippen LogP contribution in [-0.2, 0) is 6.42 Å². The second kappa shape index (κ2) is 8.00. The van der Waals surface area contributed by atoms with Crippen molar-refractivity contribution in [1.29, 1.82) is 0 Å². The molecule has 3 rings (SSSR count). The van der Waals surface area contributed by atoms with Gasteiger partial charge in [-0.15, -0.1) is 24.0 Å². The third-order valence-electron chi connectivity index (χ3n) is 4.56. The molecule has 6 heteroatoms. The number of hydrogen-bond donors (Lipinski definition) is 3. The van der Waals surface area contributed by atoms with Crippen molar-refractivity contribution in [1.82, 2.24) is 9.97 Å². The van der Waals surface area contributed by atoms with E-state index in [1.54, 1.807) is 11.3 Å². The molecule has 27 heavy (non-hydrogen) atoms. The molecule has 2 aromatic heterocycles. The monoisotopic (exact) mass is 399 g/mol. The van der Waals surface area contributed by atoms with Crippen LogP contribution in [-0.4, -0.2) is 20.7 Å². The summed E-state index contributed by atoms with van der Waals surface area (Å²) in [5, 5.41) is 12.9. The second-order valence-electron chi connectivity index (χ2n) is 7.48. The molecule has 0 aliphatic carbocycles. The molecule has 0 bridgehead atoms. The Hall–Kier alpha value is -1.89. The van der Waals surface area contributed by atoms with Gasteiger partial charge < -0.3 is 10.8 Å². The van der Waals surface area contributed by atoms with E-state index in [1.807, 2.05) is 49.7 Å². The second-order valence-corrected chi connectivity index (χ2v) is 8.85. The van der Waals surface area contributed by atoms with Crippen LogP contribution >= 0.6 is 24.0 Å². The van der Waals surface area contributed by atoms with Gasteiger partial charge in [-0.3, -0.25) is 4.98 Å². The molecule has 3 N–H and O–H groups in total. The number of anilines is 1. The van der Waals surface area contributed by atoms with Gasteiger partial charge in [0.25, 0.3) is 0 Å². The summed E-state index contributed by atoms with van der Waals surface area (Å²) in [6.45, 7) is 5.78. The van der Waals surface area contributed by atoms with Gasteiger partial charge in [0.15, 0.2) is 0 Å². The number of aromatic nitrogens is 2. The Labute approximate surface area is 169 Å². The fourth-order valence-electron chi connectivity index (χ4n) is 2.75. The number of hydrogen-bond acceptors (Lipinski definition) is 6. The van der Waals surface area contributed by atoms with E-state index in [-0.39, 0.29) is 5.92 Å². The average Bonchev–Trinajstić information content (AvgIpc) is 3.11. The first kappa shape index (κ1) is 19.9. The number of nitrogen functional groups attached to an aromatic ring is 1. The molecule has 4 nitrogen and oxygen atoms in total. The molecule has 2 heterocycles. The van der Waals surface area contributed by atoms with Crippen LogP contribution < -0.4 is 5.73 Å². The number of rotatable bonds is 6. The highest BCUT2D eigenvalue weighted by Crippen LogP contribution is 2.32. The maximum absolute atomic E-state index is 9.85. The normalized spacial score (nSPS) is 12.9. The van der Waals surface area contributed by atoms with Gasteiger partial charge in [0.1, 0.15) is 5.01 Å². The van der Waals surface area contributed by atoms with Gasteiger partial charge in [0.05, 0.1) is 17.0 Å². The summed E-state index contributed by atoms with van der Waals surface area (Å²) in [4.78, 5) is 10.1. The molecule has 1 aromatic carbocycles. The van der Waals surface area contributed by atoms with Crippen molar-refractivity contribution in [3.63, 3.8) is 0 Å². The highest BCUT2D eigenvalue weighted by Gasteiger charge is 2.16. The van der Waals surface area contributed by atoms with E-state index in [9.17, 15) is 5.11 Å². The zero-order valence-electron chi connectivity index (χ0n) is 15.8. The maximum Gasteiger partial charge on any atom is 0.101 e. The Morgan fingerprint density at radius 3 is 2.63 bits per heavy atom. The van der Waals surface area contributed by atoms with Crippen LogP contribution in [0, 0.1) is 0 Å². The van der Waals surface area contributed by atoms with Crippen molar-refractivity contribution in [2.75, 3.05) is 5.73 Å². The first-order chi connectivity index (χ1) is 12.7. The molecule has 1 atom stereocenters. The zero-order chi connectivity index (χ0) is 19.6. The number of thiol groups is 1. The van der Waals surface area contributed by atoms with E-state index in [4.69, 9.17) is 10.7 Å². The lowest BCUT2D eigenvalue weighted by Crippen LogP contribution is -2.19. The number of aliphatic hydroxyl groups is 1. The minimum absolute atomic E-state index is 0.168. The summed E-state index contributed by atoms with van der Waals surface area (Å²) >= 11 is 6.05. The van der Waals surface area contributed by atoms with Gasteiger partial charge >= 0.3 is 0 Å². The van der Waals surface area contributed by atoms with Crippen molar-refractivity contribution < 1.29 is 5.11 Å². The predicted octanol–water partition coefficient (Wildman–Crippen LogP) is 4.93. The summed E-state index contributed by atoms with van der Waals surface area (Å²) < 4.78 is 0. The van der Waals surface area contributed by atoms with Gasteiger partial charge in [-0.1, -0.05) is 19.1 Å². The number of nitrogens with two attached hydrogens (primary N) is 1. The van der Waals surface area contributed by atoms with Crippen LogP contribution in [0.3, 0.4) is 0 Å². The smallest absolute Gasteiger partial charge is 0.101 e. The molecule has 0 aliphatic rings. The fraction of sp³-hybridized carbons (Fsp3) is 0.333. The lowest BCUT2D eigenvalue weighted by atomic mass is 10.00. The zero-order valence-corrected chi connectivity index (χ0v) is 17.5. The molecule has 142 valence electrons. The predicted molar refractivity (Wildman–Crippen MR) is 116 cm³/mol. The quantitative estimate of drug-likeness (QED) is 0.406. The molecule has 0 saturated carbocycles. The summed E-state index contributed by atoms with van der Waals surface area (Å²) in [6, 6.07) is 9.97. The molecule has 0 amide bonds. The molecule has 3 aromatic rings. The summed E-state index contributed by atoms with van der Waals surface area (Å²) in [5.74, 6) is 0.168. The SMILES string of the molecule is CC(c1ccc(N)c(S)c1)c1nc(-c2ccc(CCC(C)(C)O)cn2)cs1. The molecule has 0 saturated heterocycles. The van der Waals surface area contributed by atoms with Crippen LogP contribution in [0.1, 0.15) is 49.2 Å². The van der Waals surface area contributed by atoms with E-state index >= 15 is 0 Å². The third kappa shape index (κ3) is 5.09. The summed E-state index contributed by atoms with van der Waals surface area (Å²) in [6.07, 6.45) is 3.39. The van der Waals surface area contributed by atoms with Crippen molar-refractivity contribution in [3.05, 3.63) is 58.0 Å². The Balaban J connectivity index is 1.74. The number of nitrogens with zero attached hydrogens (tertiary/aromatic N) is 2. The topological polar surface area (TPSA) is 72.0 Å². The third-order valence-corrected chi connectivity index (χ3v) is 5.97. The first-order valence-corrected chi connectivity index (χ1v) is 10.3. The van der Waals surface area contributed by atoms with Gasteiger partial charge in [0, 0.05) is 28.1 Å². The fourth-order valence-corrected chi connectivity index (χ4v) is 3.87. The van der Waals surface area contributed by atoms with Crippen molar-refractivity contribution >= 4 is 29.7 Å². The maximum atomic E-state index is 9.85. The molecular formula is C21H25N3OS2. The Kier molecular flexibility index (Phi) is 5.89. The van der Waals surface area contributed by atoms with E-state index in [0.29, 0.717) is 12.1 Å². The lowest BCUT2D eigenvalue weighted by molar-refractivity contribution is 0.0714. The van der Waals surface area contributed by atoms with Crippen molar-refractivity contribution in [3.8, 4) is 11.4 Å². The van der Waals surface area contributed by atoms with Crippen LogP contribution in [0.15, 0.2) is 46.8 Å². The molecule has 0 fully saturated rings. The van der Waals surface area contributed by atoms with E-state index in [2.05, 4.69) is 30.6 Å². The van der Waals surface area contributed by atoms with E-state index in [1.165, 1.54) is 0 Å². The largest absolute Gasteiger partial charge is 0.398 e. The minimum atomic E-state index is -0.659. The Morgan fingerprint density at radius 1 is 1.22 bits per heavy atom. The van der Waals surface area contributed by atoms with Gasteiger partial charge in [-0.2, -0.15) is 0 Å². The highest BCUT2D eigenvalue weighted by atomic mass is 32.1. The molecule has 0 spiro atoms. The summed E-state index contributed by atoms with van der Waals surface area (Å²) in [5.41, 5.74) is 9.89. The number of thiazole rings is 1. The van der Waals surface area contributed by atoms with Crippen molar-refractivity contribution in [2.24, 2.45) is 0 Å². The van der Waals surface area contributed by atoms with Crippen LogP contribution in [0.2, 0.25) is 0 Å². The number of benzene rings is 1. The standard InChI is InChI=1S/C21H25N3OS2/c1-13(15-5-6-16(22)19(26)10-15)20-24-18(12-27-20)17-7-4-14(11-23-17)8-9-21(2,3)25/h4-7,10-13,25-26H,8-9,22H2,1-3H3. The lowest BCUT2D eigenvalue weighted by Gasteiger charge is -2.16. The highest BCUT2D eigenvalue weighted by molar-refractivity contribution is 7.80. The Bertz CT molecular complexity index is 914. The molecule has 0 aliphatic heterocycles. The van der Waals surface area contributed by atoms with Crippen LogP contribution in [0.5, 0.6) is 0 Å². The number of pyridine rings is 1. The average molecular weight is 400 g/mol. The van der Waals surface area contributed by atoms with E-state index < -0.39 is 5.60 Å². The van der Waals surface area contributed by atoms with Crippen LogP contribution in [0.4, 0.5) is 5.69 Å².